The Labute approximate surface area is 112 Å². The highest BCUT2D eigenvalue weighted by molar-refractivity contribution is 6.05. The molecule has 1 aliphatic rings. The highest BCUT2D eigenvalue weighted by Gasteiger charge is 2.37. The summed E-state index contributed by atoms with van der Waals surface area (Å²) in [4.78, 5) is 24.9. The molecule has 1 atom stereocenters. The van der Waals surface area contributed by atoms with Gasteiger partial charge in [-0.2, -0.15) is 5.10 Å². The van der Waals surface area contributed by atoms with E-state index >= 15 is 0 Å². The van der Waals surface area contributed by atoms with E-state index in [2.05, 4.69) is 10.4 Å². The van der Waals surface area contributed by atoms with Gasteiger partial charge >= 0.3 is 0 Å². The number of nitrogens with zero attached hydrogens (tertiary/aromatic N) is 3. The van der Waals surface area contributed by atoms with Crippen LogP contribution in [0.25, 0.3) is 0 Å². The highest BCUT2D eigenvalue weighted by Crippen LogP contribution is 2.15. The minimum atomic E-state index is -0.397. The molecular weight excluding hydrogens is 244 g/mol. The first-order valence-corrected chi connectivity index (χ1v) is 6.52. The number of aromatic nitrogens is 2. The maximum Gasteiger partial charge on any atom is 0.246 e. The Morgan fingerprint density at radius 1 is 1.37 bits per heavy atom. The zero-order chi connectivity index (χ0) is 14.2. The largest absolute Gasteiger partial charge is 0.301 e. The topological polar surface area (TPSA) is 67.2 Å². The van der Waals surface area contributed by atoms with Gasteiger partial charge in [-0.15, -0.1) is 0 Å². The molecule has 0 saturated carbocycles. The minimum absolute atomic E-state index is 0.0929. The molecule has 0 spiro atoms. The van der Waals surface area contributed by atoms with E-state index in [1.54, 1.807) is 0 Å². The smallest absolute Gasteiger partial charge is 0.246 e. The Morgan fingerprint density at radius 2 is 2.05 bits per heavy atom. The maximum atomic E-state index is 12.0. The minimum Gasteiger partial charge on any atom is -0.301 e. The van der Waals surface area contributed by atoms with Crippen LogP contribution >= 0.6 is 0 Å². The van der Waals surface area contributed by atoms with Crippen LogP contribution in [0, 0.1) is 13.8 Å². The van der Waals surface area contributed by atoms with Crippen molar-refractivity contribution in [1.82, 2.24) is 20.0 Å². The Bertz CT molecular complexity index is 521. The van der Waals surface area contributed by atoms with Crippen molar-refractivity contribution in [3.63, 3.8) is 0 Å². The molecule has 0 aliphatic carbocycles. The fraction of sp³-hybridized carbons (Fsp3) is 0.615. The van der Waals surface area contributed by atoms with Crippen LogP contribution in [0.3, 0.4) is 0 Å². The Hall–Kier alpha value is -1.69. The lowest BCUT2D eigenvalue weighted by Crippen LogP contribution is -2.38. The number of likely N-dealkylation sites (tertiary alicyclic amines) is 1. The van der Waals surface area contributed by atoms with Gasteiger partial charge in [0.25, 0.3) is 0 Å². The number of aryl methyl sites for hydroxylation is 2. The predicted octanol–water partition coefficient (Wildman–Crippen LogP) is 0.274. The fourth-order valence-electron chi connectivity index (χ4n) is 2.47. The van der Waals surface area contributed by atoms with E-state index < -0.39 is 6.04 Å². The number of nitrogens with one attached hydrogen (secondary N) is 1. The second-order valence-corrected chi connectivity index (χ2v) is 4.89. The normalized spacial score (nSPS) is 19.6. The van der Waals surface area contributed by atoms with Crippen molar-refractivity contribution >= 4 is 11.8 Å². The summed E-state index contributed by atoms with van der Waals surface area (Å²) in [6.45, 7) is 6.77. The number of hydrogen-bond acceptors (Lipinski definition) is 4. The van der Waals surface area contributed by atoms with Crippen LogP contribution in [0.2, 0.25) is 0 Å². The number of hydrogen-bond donors (Lipinski definition) is 1. The summed E-state index contributed by atoms with van der Waals surface area (Å²) in [7, 11) is 1.90. The SMILES string of the molecule is CCN1C(=O)CC(NCc2c(C)nn(C)c2C)C1=O. The molecule has 1 fully saturated rings. The van der Waals surface area contributed by atoms with Crippen LogP contribution < -0.4 is 5.32 Å². The second kappa shape index (κ2) is 5.13. The average Bonchev–Trinajstić information content (AvgIpc) is 2.76. The van der Waals surface area contributed by atoms with Gasteiger partial charge < -0.3 is 5.32 Å². The van der Waals surface area contributed by atoms with Crippen LogP contribution in [0.4, 0.5) is 0 Å². The lowest BCUT2D eigenvalue weighted by Gasteiger charge is -2.13. The molecule has 2 heterocycles. The van der Waals surface area contributed by atoms with Crippen molar-refractivity contribution in [3.05, 3.63) is 17.0 Å². The molecule has 2 amide bonds. The lowest BCUT2D eigenvalue weighted by molar-refractivity contribution is -0.138. The Kier molecular flexibility index (Phi) is 3.71. The second-order valence-electron chi connectivity index (χ2n) is 4.89. The molecule has 1 aliphatic heterocycles. The molecule has 1 unspecified atom stereocenters. The summed E-state index contributed by atoms with van der Waals surface area (Å²) >= 11 is 0. The van der Waals surface area contributed by atoms with Gasteiger partial charge in [-0.1, -0.05) is 0 Å². The summed E-state index contributed by atoms with van der Waals surface area (Å²) in [5.74, 6) is -0.212. The van der Waals surface area contributed by atoms with Crippen molar-refractivity contribution in [3.8, 4) is 0 Å². The van der Waals surface area contributed by atoms with Gasteiger partial charge in [-0.3, -0.25) is 19.2 Å². The molecule has 6 nitrogen and oxygen atoms in total. The van der Waals surface area contributed by atoms with Gasteiger partial charge in [0.2, 0.25) is 11.8 Å². The van der Waals surface area contributed by atoms with Crippen LogP contribution in [0.5, 0.6) is 0 Å². The van der Waals surface area contributed by atoms with Gasteiger partial charge in [-0.25, -0.2) is 0 Å². The highest BCUT2D eigenvalue weighted by atomic mass is 16.2. The third kappa shape index (κ3) is 2.40. The first-order valence-electron chi connectivity index (χ1n) is 6.52. The Morgan fingerprint density at radius 3 is 2.53 bits per heavy atom. The molecule has 0 radical (unpaired) electrons. The van der Waals surface area contributed by atoms with E-state index in [1.165, 1.54) is 4.90 Å². The van der Waals surface area contributed by atoms with Crippen molar-refractivity contribution < 1.29 is 9.59 Å². The number of rotatable bonds is 4. The van der Waals surface area contributed by atoms with Gasteiger partial charge in [-0.05, 0) is 20.8 Å². The molecule has 104 valence electrons. The molecule has 19 heavy (non-hydrogen) atoms. The molecule has 2 rings (SSSR count). The van der Waals surface area contributed by atoms with Gasteiger partial charge in [0, 0.05) is 31.4 Å². The Balaban J connectivity index is 2.04. The summed E-state index contributed by atoms with van der Waals surface area (Å²) in [6.07, 6.45) is 0.255. The number of likely N-dealkylation sites (N-methyl/N-ethyl adjacent to an activating group) is 1. The van der Waals surface area contributed by atoms with E-state index in [-0.39, 0.29) is 18.2 Å². The summed E-state index contributed by atoms with van der Waals surface area (Å²) in [5.41, 5.74) is 3.13. The number of carbonyl (C=O) groups is 2. The average molecular weight is 264 g/mol. The predicted molar refractivity (Wildman–Crippen MR) is 70.3 cm³/mol. The first-order chi connectivity index (χ1) is 8.95. The third-order valence-corrected chi connectivity index (χ3v) is 3.74. The molecule has 1 aromatic rings. The van der Waals surface area contributed by atoms with E-state index in [1.807, 2.05) is 32.5 Å². The summed E-state index contributed by atoms with van der Waals surface area (Å²) in [5, 5.41) is 7.51. The zero-order valence-electron chi connectivity index (χ0n) is 11.9. The van der Waals surface area contributed by atoms with Gasteiger partial charge in [0.15, 0.2) is 0 Å². The van der Waals surface area contributed by atoms with Crippen molar-refractivity contribution in [2.75, 3.05) is 6.54 Å². The lowest BCUT2D eigenvalue weighted by atomic mass is 10.1. The van der Waals surface area contributed by atoms with E-state index in [0.717, 1.165) is 17.0 Å². The van der Waals surface area contributed by atoms with Gasteiger partial charge in [0.05, 0.1) is 18.2 Å². The molecule has 6 heteroatoms. The van der Waals surface area contributed by atoms with Gasteiger partial charge in [0.1, 0.15) is 0 Å². The monoisotopic (exact) mass is 264 g/mol. The molecule has 1 N–H and O–H groups in total. The number of carbonyl (C=O) groups excluding carboxylic acids is 2. The number of amides is 2. The standard InChI is InChI=1S/C13H20N4O2/c1-5-17-12(18)6-11(13(17)19)14-7-10-8(2)15-16(4)9(10)3/h11,14H,5-7H2,1-4H3. The fourth-order valence-corrected chi connectivity index (χ4v) is 2.47. The van der Waals surface area contributed by atoms with E-state index in [0.29, 0.717) is 13.1 Å². The van der Waals surface area contributed by atoms with Crippen LogP contribution in [-0.2, 0) is 23.2 Å². The van der Waals surface area contributed by atoms with Crippen LogP contribution in [0.15, 0.2) is 0 Å². The van der Waals surface area contributed by atoms with Crippen molar-refractivity contribution in [2.45, 2.75) is 39.8 Å². The van der Waals surface area contributed by atoms with Crippen LogP contribution in [-0.4, -0.2) is 39.1 Å². The first kappa shape index (κ1) is 13.7. The molecule has 0 bridgehead atoms. The molecule has 1 saturated heterocycles. The molecule has 1 aromatic heterocycles. The quantitative estimate of drug-likeness (QED) is 0.793. The number of imide groups is 1. The third-order valence-electron chi connectivity index (χ3n) is 3.74. The van der Waals surface area contributed by atoms with Crippen LogP contribution in [0.1, 0.15) is 30.3 Å². The van der Waals surface area contributed by atoms with E-state index in [9.17, 15) is 9.59 Å². The van der Waals surface area contributed by atoms with E-state index in [4.69, 9.17) is 0 Å². The molecule has 0 aromatic carbocycles. The van der Waals surface area contributed by atoms with Crippen molar-refractivity contribution in [1.29, 1.82) is 0 Å². The van der Waals surface area contributed by atoms with Crippen molar-refractivity contribution in [2.24, 2.45) is 7.05 Å². The maximum absolute atomic E-state index is 12.0. The molecular formula is C13H20N4O2. The summed E-state index contributed by atoms with van der Waals surface area (Å²) < 4.78 is 1.83. The zero-order valence-corrected chi connectivity index (χ0v) is 11.9. The summed E-state index contributed by atoms with van der Waals surface area (Å²) in [6, 6.07) is -0.397.